The summed E-state index contributed by atoms with van der Waals surface area (Å²) in [4.78, 5) is 0. The van der Waals surface area contributed by atoms with Crippen LogP contribution in [0.15, 0.2) is 170 Å². The van der Waals surface area contributed by atoms with Gasteiger partial charge in [-0.2, -0.15) is 0 Å². The van der Waals surface area contributed by atoms with E-state index >= 15 is 0 Å². The van der Waals surface area contributed by atoms with E-state index in [1.807, 2.05) is 153 Å². The molecule has 50 heavy (non-hydrogen) atoms. The second kappa shape index (κ2) is 11.9. The van der Waals surface area contributed by atoms with Crippen LogP contribution in [0, 0.1) is 0 Å². The summed E-state index contributed by atoms with van der Waals surface area (Å²) in [5.74, 6) is 0. The minimum atomic E-state index is -1.73. The van der Waals surface area contributed by atoms with Crippen molar-refractivity contribution in [3.63, 3.8) is 0 Å². The fourth-order valence-corrected chi connectivity index (χ4v) is 7.92. The molecule has 4 heteroatoms. The van der Waals surface area contributed by atoms with E-state index in [2.05, 4.69) is 24.3 Å². The molecule has 244 valence electrons. The molecule has 8 aromatic rings. The maximum Gasteiger partial charge on any atom is 0.156 e. The summed E-state index contributed by atoms with van der Waals surface area (Å²) in [6.45, 7) is 1.83. The molecule has 0 aliphatic carbocycles. The largest absolute Gasteiger partial charge is 0.378 e. The second-order valence-electron chi connectivity index (χ2n) is 13.5. The van der Waals surface area contributed by atoms with Crippen LogP contribution in [0.1, 0.15) is 29.2 Å². The molecule has 2 N–H and O–H groups in total. The lowest BCUT2D eigenvalue weighted by Crippen LogP contribution is -2.55. The molecule has 8 aromatic carbocycles. The van der Waals surface area contributed by atoms with E-state index in [-0.39, 0.29) is 0 Å². The Labute approximate surface area is 290 Å². The van der Waals surface area contributed by atoms with Gasteiger partial charge in [-0.05, 0) is 96.5 Å². The minimum Gasteiger partial charge on any atom is -0.378 e. The van der Waals surface area contributed by atoms with Crippen molar-refractivity contribution in [2.45, 2.75) is 36.6 Å². The first-order chi connectivity index (χ1) is 24.4. The summed E-state index contributed by atoms with van der Waals surface area (Å²) >= 11 is 0. The standard InChI is InChI=1S/C46H36O4/c1-30-49-43(45(47,39-22-18-31-10-2-6-14-35(31)26-39)40-23-19-32-11-3-7-15-36(32)27-40)44(50-30)46(48,41-24-20-33-12-4-8-16-37(33)28-41)42-25-21-34-13-5-9-17-38(34)29-42/h2-30,43-44,47-48H,1H3/t30?,43-,44?/m1/s1. The van der Waals surface area contributed by atoms with Crippen molar-refractivity contribution in [1.82, 2.24) is 0 Å². The highest BCUT2D eigenvalue weighted by Gasteiger charge is 2.59. The van der Waals surface area contributed by atoms with Crippen LogP contribution in [-0.2, 0) is 20.7 Å². The third-order valence-electron chi connectivity index (χ3n) is 10.5. The third-order valence-corrected chi connectivity index (χ3v) is 10.5. The second-order valence-corrected chi connectivity index (χ2v) is 13.5. The lowest BCUT2D eigenvalue weighted by atomic mass is 9.71. The molecular formula is C46H36O4. The van der Waals surface area contributed by atoms with Crippen molar-refractivity contribution in [2.24, 2.45) is 0 Å². The molecule has 1 aliphatic heterocycles. The average molecular weight is 653 g/mol. The van der Waals surface area contributed by atoms with Gasteiger partial charge >= 0.3 is 0 Å². The molecule has 1 saturated heterocycles. The van der Waals surface area contributed by atoms with Gasteiger partial charge in [-0.25, -0.2) is 0 Å². The smallest absolute Gasteiger partial charge is 0.156 e. The molecule has 0 spiro atoms. The molecule has 0 saturated carbocycles. The van der Waals surface area contributed by atoms with Crippen molar-refractivity contribution >= 4 is 43.1 Å². The van der Waals surface area contributed by atoms with Crippen molar-refractivity contribution < 1.29 is 19.7 Å². The molecule has 0 aromatic heterocycles. The first-order valence-electron chi connectivity index (χ1n) is 17.1. The van der Waals surface area contributed by atoms with Gasteiger partial charge in [-0.1, -0.05) is 146 Å². The predicted octanol–water partition coefficient (Wildman–Crippen LogP) is 9.60. The zero-order valence-electron chi connectivity index (χ0n) is 27.6. The van der Waals surface area contributed by atoms with Gasteiger partial charge in [0.05, 0.1) is 0 Å². The zero-order chi connectivity index (χ0) is 33.9. The number of benzene rings is 8. The molecule has 0 radical (unpaired) electrons. The Morgan fingerprint density at radius 2 is 0.600 bits per heavy atom. The van der Waals surface area contributed by atoms with E-state index in [0.29, 0.717) is 22.3 Å². The SMILES string of the molecule is CC1OC(C(O)(c2ccc3ccccc3c2)c2ccc3ccccc3c2)[C@H](C(O)(c2ccc3ccccc3c2)c2ccc3ccccc3c2)O1. The molecule has 2 unspecified atom stereocenters. The van der Waals surface area contributed by atoms with Crippen LogP contribution in [0.2, 0.25) is 0 Å². The molecule has 1 heterocycles. The number of fused-ring (bicyclic) bond motifs is 4. The topological polar surface area (TPSA) is 58.9 Å². The van der Waals surface area contributed by atoms with E-state index < -0.39 is 29.7 Å². The first-order valence-corrected chi connectivity index (χ1v) is 17.1. The van der Waals surface area contributed by atoms with E-state index in [1.165, 1.54) is 0 Å². The summed E-state index contributed by atoms with van der Waals surface area (Å²) in [6.07, 6.45) is -2.77. The van der Waals surface area contributed by atoms with Gasteiger partial charge in [-0.3, -0.25) is 0 Å². The first kappa shape index (κ1) is 30.7. The van der Waals surface area contributed by atoms with Crippen molar-refractivity contribution in [2.75, 3.05) is 0 Å². The number of rotatable bonds is 6. The Morgan fingerprint density at radius 3 is 0.860 bits per heavy atom. The molecule has 0 bridgehead atoms. The van der Waals surface area contributed by atoms with Gasteiger partial charge in [0.15, 0.2) is 6.29 Å². The van der Waals surface area contributed by atoms with Crippen molar-refractivity contribution in [1.29, 1.82) is 0 Å². The summed E-state index contributed by atoms with van der Waals surface area (Å²) in [5.41, 5.74) is -0.856. The quantitative estimate of drug-likeness (QED) is 0.188. The normalized spacial score (nSPS) is 18.3. The molecular weight excluding hydrogens is 617 g/mol. The molecule has 9 rings (SSSR count). The molecule has 4 nitrogen and oxygen atoms in total. The Morgan fingerprint density at radius 1 is 0.360 bits per heavy atom. The fourth-order valence-electron chi connectivity index (χ4n) is 7.92. The maximum atomic E-state index is 13.5. The van der Waals surface area contributed by atoms with Gasteiger partial charge < -0.3 is 19.7 Å². The van der Waals surface area contributed by atoms with Crippen LogP contribution in [0.4, 0.5) is 0 Å². The summed E-state index contributed by atoms with van der Waals surface area (Å²) in [7, 11) is 0. The maximum absolute atomic E-state index is 13.5. The third kappa shape index (κ3) is 4.92. The Hall–Kier alpha value is -5.36. The summed E-state index contributed by atoms with van der Waals surface area (Å²) in [6, 6.07) is 56.6. The van der Waals surface area contributed by atoms with Crippen LogP contribution in [-0.4, -0.2) is 28.7 Å². The van der Waals surface area contributed by atoms with Crippen molar-refractivity contribution in [3.8, 4) is 0 Å². The van der Waals surface area contributed by atoms with Crippen LogP contribution in [0.25, 0.3) is 43.1 Å². The van der Waals surface area contributed by atoms with Crippen LogP contribution >= 0.6 is 0 Å². The number of aliphatic hydroxyl groups is 2. The molecule has 3 atom stereocenters. The lowest BCUT2D eigenvalue weighted by molar-refractivity contribution is -0.110. The average Bonchev–Trinajstić information content (AvgIpc) is 3.58. The molecule has 1 aliphatic rings. The highest BCUT2D eigenvalue weighted by Crippen LogP contribution is 2.49. The fraction of sp³-hybridized carbons (Fsp3) is 0.130. The zero-order valence-corrected chi connectivity index (χ0v) is 27.6. The van der Waals surface area contributed by atoms with Crippen LogP contribution < -0.4 is 0 Å². The van der Waals surface area contributed by atoms with Crippen LogP contribution in [0.3, 0.4) is 0 Å². The lowest BCUT2D eigenvalue weighted by Gasteiger charge is -2.43. The van der Waals surface area contributed by atoms with E-state index in [1.54, 1.807) is 0 Å². The Bertz CT molecular complexity index is 2200. The minimum absolute atomic E-state index is 0.651. The number of ether oxygens (including phenoxy) is 2. The van der Waals surface area contributed by atoms with E-state index in [9.17, 15) is 10.2 Å². The monoisotopic (exact) mass is 652 g/mol. The van der Waals surface area contributed by atoms with Gasteiger partial charge in [0.2, 0.25) is 0 Å². The highest BCUT2D eigenvalue weighted by atomic mass is 16.7. The van der Waals surface area contributed by atoms with Gasteiger partial charge in [0, 0.05) is 0 Å². The van der Waals surface area contributed by atoms with Crippen molar-refractivity contribution in [3.05, 3.63) is 192 Å². The predicted molar refractivity (Wildman–Crippen MR) is 201 cm³/mol. The highest BCUT2D eigenvalue weighted by molar-refractivity contribution is 5.87. The summed E-state index contributed by atoms with van der Waals surface area (Å²) < 4.78 is 13.4. The van der Waals surface area contributed by atoms with Crippen LogP contribution in [0.5, 0.6) is 0 Å². The van der Waals surface area contributed by atoms with Gasteiger partial charge in [0.1, 0.15) is 23.4 Å². The van der Waals surface area contributed by atoms with E-state index in [4.69, 9.17) is 9.47 Å². The van der Waals surface area contributed by atoms with Gasteiger partial charge in [0.25, 0.3) is 0 Å². The summed E-state index contributed by atoms with van der Waals surface area (Å²) in [5, 5.41) is 35.3. The molecule has 0 amide bonds. The van der Waals surface area contributed by atoms with Gasteiger partial charge in [-0.15, -0.1) is 0 Å². The Balaban J connectivity index is 1.30. The number of hydrogen-bond acceptors (Lipinski definition) is 4. The van der Waals surface area contributed by atoms with E-state index in [0.717, 1.165) is 43.1 Å². The number of hydrogen-bond donors (Lipinski definition) is 2. The molecule has 1 fully saturated rings. The Kier molecular flexibility index (Phi) is 7.30.